The molecule has 0 unspecified atom stereocenters. The van der Waals surface area contributed by atoms with E-state index in [0.717, 1.165) is 6.26 Å². The fourth-order valence-corrected chi connectivity index (χ4v) is 2.60. The summed E-state index contributed by atoms with van der Waals surface area (Å²) in [4.78, 5) is 0. The van der Waals surface area contributed by atoms with E-state index < -0.39 is 10.1 Å². The van der Waals surface area contributed by atoms with Gasteiger partial charge in [0.25, 0.3) is 0 Å². The van der Waals surface area contributed by atoms with Crippen molar-refractivity contribution in [3.8, 4) is 5.75 Å². The summed E-state index contributed by atoms with van der Waals surface area (Å²) in [6.07, 6.45) is 1.24. The van der Waals surface area contributed by atoms with Gasteiger partial charge in [-0.2, -0.15) is 8.42 Å². The SMILES string of the molecule is CS(=O)(=O)Oc1ccc2c(Cc3ccccc3F)noc2c1. The van der Waals surface area contributed by atoms with Crippen LogP contribution in [0.5, 0.6) is 5.75 Å². The van der Waals surface area contributed by atoms with Gasteiger partial charge >= 0.3 is 10.1 Å². The molecule has 0 bridgehead atoms. The molecule has 1 aromatic heterocycles. The van der Waals surface area contributed by atoms with Crippen LogP contribution in [0.1, 0.15) is 11.3 Å². The molecule has 5 nitrogen and oxygen atoms in total. The van der Waals surface area contributed by atoms with Crippen LogP contribution in [0.2, 0.25) is 0 Å². The first-order valence-electron chi connectivity index (χ1n) is 6.43. The molecule has 0 aliphatic heterocycles. The maximum atomic E-state index is 13.7. The standard InChI is InChI=1S/C15H12FNO4S/c1-22(18,19)21-11-6-7-12-14(17-20-15(12)9-11)8-10-4-2-3-5-13(10)16/h2-7,9H,8H2,1H3. The Hall–Kier alpha value is -2.41. The molecule has 0 aliphatic carbocycles. The van der Waals surface area contributed by atoms with Crippen LogP contribution in [0.15, 0.2) is 47.0 Å². The molecule has 7 heteroatoms. The average Bonchev–Trinajstić information content (AvgIpc) is 2.82. The molecule has 0 fully saturated rings. The molecular formula is C15H12FNO4S. The molecular weight excluding hydrogens is 309 g/mol. The van der Waals surface area contributed by atoms with Gasteiger partial charge in [0.15, 0.2) is 5.58 Å². The highest BCUT2D eigenvalue weighted by Crippen LogP contribution is 2.26. The average molecular weight is 321 g/mol. The Morgan fingerprint density at radius 2 is 2.00 bits per heavy atom. The van der Waals surface area contributed by atoms with Crippen LogP contribution in [0.3, 0.4) is 0 Å². The summed E-state index contributed by atoms with van der Waals surface area (Å²) in [5, 5.41) is 4.61. The van der Waals surface area contributed by atoms with E-state index in [-0.39, 0.29) is 18.0 Å². The Labute approximate surface area is 126 Å². The Bertz CT molecular complexity index is 934. The molecule has 0 spiro atoms. The van der Waals surface area contributed by atoms with Crippen molar-refractivity contribution in [2.75, 3.05) is 6.26 Å². The van der Waals surface area contributed by atoms with Crippen molar-refractivity contribution >= 4 is 21.1 Å². The van der Waals surface area contributed by atoms with Crippen LogP contribution in [0, 0.1) is 5.82 Å². The van der Waals surface area contributed by atoms with Crippen LogP contribution >= 0.6 is 0 Å². The van der Waals surface area contributed by atoms with Crippen molar-refractivity contribution in [3.05, 3.63) is 59.5 Å². The number of nitrogens with zero attached hydrogens (tertiary/aromatic N) is 1. The molecule has 3 rings (SSSR count). The van der Waals surface area contributed by atoms with Crippen LogP contribution in [0.4, 0.5) is 4.39 Å². The Kier molecular flexibility index (Phi) is 3.58. The largest absolute Gasteiger partial charge is 0.382 e. The number of halogens is 1. The lowest BCUT2D eigenvalue weighted by molar-refractivity contribution is 0.445. The third-order valence-electron chi connectivity index (χ3n) is 3.08. The maximum absolute atomic E-state index is 13.7. The molecule has 0 radical (unpaired) electrons. The second kappa shape index (κ2) is 5.42. The molecule has 1 heterocycles. The highest BCUT2D eigenvalue weighted by atomic mass is 32.2. The number of fused-ring (bicyclic) bond motifs is 1. The zero-order valence-corrected chi connectivity index (χ0v) is 12.4. The minimum absolute atomic E-state index is 0.142. The number of rotatable bonds is 4. The molecule has 0 atom stereocenters. The van der Waals surface area contributed by atoms with Crippen LogP contribution in [-0.4, -0.2) is 19.8 Å². The van der Waals surface area contributed by atoms with E-state index in [2.05, 4.69) is 5.16 Å². The van der Waals surface area contributed by atoms with Crippen LogP contribution in [-0.2, 0) is 16.5 Å². The van der Waals surface area contributed by atoms with Crippen LogP contribution < -0.4 is 4.18 Å². The second-order valence-electron chi connectivity index (χ2n) is 4.84. The van der Waals surface area contributed by atoms with Crippen molar-refractivity contribution in [1.29, 1.82) is 0 Å². The highest BCUT2D eigenvalue weighted by Gasteiger charge is 2.13. The number of aromatic nitrogens is 1. The zero-order valence-electron chi connectivity index (χ0n) is 11.6. The van der Waals surface area contributed by atoms with E-state index in [1.54, 1.807) is 24.3 Å². The fourth-order valence-electron chi connectivity index (χ4n) is 2.15. The molecule has 3 aromatic rings. The van der Waals surface area contributed by atoms with Crippen molar-refractivity contribution in [3.63, 3.8) is 0 Å². The van der Waals surface area contributed by atoms with Gasteiger partial charge in [-0.05, 0) is 23.8 Å². The molecule has 22 heavy (non-hydrogen) atoms. The fraction of sp³-hybridized carbons (Fsp3) is 0.133. The minimum Gasteiger partial charge on any atom is -0.382 e. The summed E-state index contributed by atoms with van der Waals surface area (Å²) in [7, 11) is -3.60. The van der Waals surface area contributed by atoms with E-state index >= 15 is 0 Å². The summed E-state index contributed by atoms with van der Waals surface area (Å²) in [6.45, 7) is 0. The van der Waals surface area contributed by atoms with Crippen LogP contribution in [0.25, 0.3) is 11.0 Å². The summed E-state index contributed by atoms with van der Waals surface area (Å²) in [5.41, 5.74) is 1.47. The summed E-state index contributed by atoms with van der Waals surface area (Å²) >= 11 is 0. The predicted molar refractivity (Wildman–Crippen MR) is 78.7 cm³/mol. The van der Waals surface area contributed by atoms with Gasteiger partial charge in [0.1, 0.15) is 11.6 Å². The molecule has 0 saturated carbocycles. The lowest BCUT2D eigenvalue weighted by atomic mass is 10.1. The number of hydrogen-bond donors (Lipinski definition) is 0. The summed E-state index contributed by atoms with van der Waals surface area (Å²) in [6, 6.07) is 11.0. The van der Waals surface area contributed by atoms with Gasteiger partial charge < -0.3 is 8.71 Å². The van der Waals surface area contributed by atoms with E-state index in [0.29, 0.717) is 22.2 Å². The van der Waals surface area contributed by atoms with Gasteiger partial charge in [-0.25, -0.2) is 4.39 Å². The Balaban J connectivity index is 1.94. The summed E-state index contributed by atoms with van der Waals surface area (Å²) < 4.78 is 45.9. The van der Waals surface area contributed by atoms with E-state index in [9.17, 15) is 12.8 Å². The summed E-state index contributed by atoms with van der Waals surface area (Å²) in [5.74, 6) is -0.167. The van der Waals surface area contributed by atoms with Crippen molar-refractivity contribution in [1.82, 2.24) is 5.16 Å². The van der Waals surface area contributed by atoms with Gasteiger partial charge in [0.05, 0.1) is 11.9 Å². The first kappa shape index (κ1) is 14.5. The molecule has 114 valence electrons. The van der Waals surface area contributed by atoms with Gasteiger partial charge in [-0.3, -0.25) is 0 Å². The Morgan fingerprint density at radius 3 is 2.73 bits per heavy atom. The predicted octanol–water partition coefficient (Wildman–Crippen LogP) is 2.90. The quantitative estimate of drug-likeness (QED) is 0.691. The van der Waals surface area contributed by atoms with Gasteiger partial charge in [0, 0.05) is 17.9 Å². The third kappa shape index (κ3) is 3.09. The molecule has 0 aliphatic rings. The zero-order chi connectivity index (χ0) is 15.7. The first-order chi connectivity index (χ1) is 10.4. The molecule has 0 saturated heterocycles. The van der Waals surface area contributed by atoms with E-state index in [1.165, 1.54) is 18.2 Å². The van der Waals surface area contributed by atoms with Gasteiger partial charge in [0.2, 0.25) is 0 Å². The topological polar surface area (TPSA) is 69.4 Å². The number of benzene rings is 2. The van der Waals surface area contributed by atoms with Gasteiger partial charge in [-0.15, -0.1) is 0 Å². The van der Waals surface area contributed by atoms with Crippen molar-refractivity contribution in [2.45, 2.75) is 6.42 Å². The van der Waals surface area contributed by atoms with E-state index in [4.69, 9.17) is 8.71 Å². The smallest absolute Gasteiger partial charge is 0.306 e. The van der Waals surface area contributed by atoms with Crippen molar-refractivity contribution < 1.29 is 21.5 Å². The highest BCUT2D eigenvalue weighted by molar-refractivity contribution is 7.86. The first-order valence-corrected chi connectivity index (χ1v) is 8.25. The maximum Gasteiger partial charge on any atom is 0.306 e. The molecule has 2 aromatic carbocycles. The molecule has 0 amide bonds. The minimum atomic E-state index is -3.60. The molecule has 0 N–H and O–H groups in total. The normalized spacial score (nSPS) is 11.7. The van der Waals surface area contributed by atoms with Crippen molar-refractivity contribution in [2.24, 2.45) is 0 Å². The monoisotopic (exact) mass is 321 g/mol. The number of hydrogen-bond acceptors (Lipinski definition) is 5. The third-order valence-corrected chi connectivity index (χ3v) is 3.58. The van der Waals surface area contributed by atoms with Gasteiger partial charge in [-0.1, -0.05) is 23.4 Å². The Morgan fingerprint density at radius 1 is 1.23 bits per heavy atom. The lowest BCUT2D eigenvalue weighted by Crippen LogP contribution is -2.05. The second-order valence-corrected chi connectivity index (χ2v) is 6.42. The lowest BCUT2D eigenvalue weighted by Gasteiger charge is -2.02. The van der Waals surface area contributed by atoms with E-state index in [1.807, 2.05) is 0 Å².